The number of nitrogens with zero attached hydrogens (tertiary/aromatic N) is 1. The Morgan fingerprint density at radius 2 is 1.57 bits per heavy atom. The molecule has 1 fully saturated rings. The highest BCUT2D eigenvalue weighted by Crippen LogP contribution is 2.47. The molecule has 0 atom stereocenters. The van der Waals surface area contributed by atoms with Gasteiger partial charge in [-0.05, 0) is 61.4 Å². The van der Waals surface area contributed by atoms with E-state index in [-0.39, 0.29) is 28.7 Å². The van der Waals surface area contributed by atoms with Crippen molar-refractivity contribution in [2.75, 3.05) is 24.4 Å². The largest absolute Gasteiger partial charge is 0.493 e. The maximum atomic E-state index is 15.1. The Hall–Kier alpha value is -5.30. The number of benzene rings is 3. The summed E-state index contributed by atoms with van der Waals surface area (Å²) in [7, 11) is 1.39. The second-order valence-electron chi connectivity index (χ2n) is 9.40. The minimum absolute atomic E-state index is 0.126. The van der Waals surface area contributed by atoms with Gasteiger partial charge in [0.2, 0.25) is 11.8 Å². The fourth-order valence-electron chi connectivity index (χ4n) is 4.16. The van der Waals surface area contributed by atoms with Crippen LogP contribution in [0.2, 0.25) is 0 Å². The molecule has 0 bridgehead atoms. The lowest BCUT2D eigenvalue weighted by Crippen LogP contribution is -2.35. The average molecular weight is 579 g/mol. The molecule has 0 unspecified atom stereocenters. The molecular weight excluding hydrogens is 554 g/mol. The van der Waals surface area contributed by atoms with Crippen LogP contribution in [-0.2, 0) is 14.4 Å². The van der Waals surface area contributed by atoms with Crippen LogP contribution in [0.1, 0.15) is 12.8 Å². The van der Waals surface area contributed by atoms with Crippen molar-refractivity contribution in [2.24, 2.45) is 5.41 Å². The molecule has 1 heterocycles. The SMILES string of the molecule is COc1cc2c(Oc3ccc(NC(=O)C4(C(=O)Nc5ccc(F)cc5)CC4)cc3F)ccnc2cc1OCC(=O)NO. The van der Waals surface area contributed by atoms with E-state index in [1.165, 1.54) is 67.3 Å². The molecule has 0 saturated heterocycles. The highest BCUT2D eigenvalue weighted by Gasteiger charge is 2.56. The molecule has 5 rings (SSSR count). The number of anilines is 2. The number of carbonyl (C=O) groups excluding carboxylic acids is 3. The maximum absolute atomic E-state index is 15.1. The van der Waals surface area contributed by atoms with Gasteiger partial charge in [0.1, 0.15) is 17.0 Å². The first-order valence-electron chi connectivity index (χ1n) is 12.6. The van der Waals surface area contributed by atoms with Crippen molar-refractivity contribution < 1.29 is 42.6 Å². The van der Waals surface area contributed by atoms with Crippen molar-refractivity contribution in [2.45, 2.75) is 12.8 Å². The average Bonchev–Trinajstić information content (AvgIpc) is 3.80. The smallest absolute Gasteiger partial charge is 0.281 e. The van der Waals surface area contributed by atoms with Crippen LogP contribution in [-0.4, -0.2) is 41.6 Å². The number of hydrogen-bond acceptors (Lipinski definition) is 8. The third kappa shape index (κ3) is 5.90. The van der Waals surface area contributed by atoms with E-state index in [9.17, 15) is 18.8 Å². The second kappa shape index (κ2) is 11.7. The zero-order chi connectivity index (χ0) is 29.9. The molecule has 1 aromatic heterocycles. The minimum atomic E-state index is -1.31. The van der Waals surface area contributed by atoms with Crippen LogP contribution in [0.25, 0.3) is 10.9 Å². The summed E-state index contributed by atoms with van der Waals surface area (Å²) in [6.07, 6.45) is 2.07. The Labute approximate surface area is 237 Å². The van der Waals surface area contributed by atoms with Gasteiger partial charge in [0, 0.05) is 35.1 Å². The Morgan fingerprint density at radius 1 is 0.881 bits per heavy atom. The molecule has 42 heavy (non-hydrogen) atoms. The summed E-state index contributed by atoms with van der Waals surface area (Å²) >= 11 is 0. The first-order valence-corrected chi connectivity index (χ1v) is 12.6. The third-order valence-electron chi connectivity index (χ3n) is 6.60. The number of ether oxygens (including phenoxy) is 3. The van der Waals surface area contributed by atoms with Crippen LogP contribution >= 0.6 is 0 Å². The molecule has 4 aromatic rings. The van der Waals surface area contributed by atoms with Gasteiger partial charge in [0.25, 0.3) is 5.91 Å². The molecule has 3 amide bonds. The molecule has 13 heteroatoms. The highest BCUT2D eigenvalue weighted by molar-refractivity contribution is 6.16. The summed E-state index contributed by atoms with van der Waals surface area (Å²) in [6, 6.07) is 13.6. The van der Waals surface area contributed by atoms with Gasteiger partial charge < -0.3 is 24.8 Å². The van der Waals surface area contributed by atoms with E-state index in [1.807, 2.05) is 0 Å². The fraction of sp³-hybridized carbons (Fsp3) is 0.172. The fourth-order valence-corrected chi connectivity index (χ4v) is 4.16. The Kier molecular flexibility index (Phi) is 7.84. The standard InChI is InChI=1S/C29H24F2N4O7/c1-40-24-13-19-21(14-25(24)41-15-26(36)35-39)32-11-8-22(19)42-23-7-6-18(12-20(23)31)34-28(38)29(9-10-29)27(37)33-17-4-2-16(30)3-5-17/h2-8,11-14,39H,9-10,15H2,1H3,(H,33,37)(H,34,38)(H,35,36). The van der Waals surface area contributed by atoms with E-state index < -0.39 is 41.4 Å². The molecule has 1 aliphatic rings. The number of methoxy groups -OCH3 is 1. The zero-order valence-corrected chi connectivity index (χ0v) is 22.1. The molecule has 1 saturated carbocycles. The minimum Gasteiger partial charge on any atom is -0.493 e. The highest BCUT2D eigenvalue weighted by atomic mass is 19.1. The monoisotopic (exact) mass is 578 g/mol. The van der Waals surface area contributed by atoms with Crippen LogP contribution in [0, 0.1) is 17.0 Å². The predicted octanol–water partition coefficient (Wildman–Crippen LogP) is 4.56. The molecule has 3 aromatic carbocycles. The van der Waals surface area contributed by atoms with Gasteiger partial charge in [-0.25, -0.2) is 14.3 Å². The van der Waals surface area contributed by atoms with Gasteiger partial charge in [0.05, 0.1) is 12.6 Å². The van der Waals surface area contributed by atoms with E-state index in [1.54, 1.807) is 6.07 Å². The first-order chi connectivity index (χ1) is 20.2. The van der Waals surface area contributed by atoms with E-state index in [4.69, 9.17) is 19.4 Å². The molecule has 4 N–H and O–H groups in total. The molecule has 0 aliphatic heterocycles. The zero-order valence-electron chi connectivity index (χ0n) is 22.1. The second-order valence-corrected chi connectivity index (χ2v) is 9.40. The molecule has 1 aliphatic carbocycles. The Bertz CT molecular complexity index is 1680. The van der Waals surface area contributed by atoms with Crippen LogP contribution < -0.4 is 30.3 Å². The summed E-state index contributed by atoms with van der Waals surface area (Å²) in [5.41, 5.74) is 1.03. The third-order valence-corrected chi connectivity index (χ3v) is 6.60. The van der Waals surface area contributed by atoms with Crippen molar-refractivity contribution in [1.82, 2.24) is 10.5 Å². The lowest BCUT2D eigenvalue weighted by atomic mass is 10.0. The number of rotatable bonds is 10. The van der Waals surface area contributed by atoms with Crippen molar-refractivity contribution in [3.8, 4) is 23.0 Å². The normalized spacial score (nSPS) is 13.1. The number of fused-ring (bicyclic) bond motifs is 1. The number of aromatic nitrogens is 1. The van der Waals surface area contributed by atoms with Crippen molar-refractivity contribution in [3.05, 3.63) is 78.5 Å². The van der Waals surface area contributed by atoms with Crippen molar-refractivity contribution >= 4 is 40.0 Å². The lowest BCUT2D eigenvalue weighted by Gasteiger charge is -2.16. The number of hydroxylamine groups is 1. The summed E-state index contributed by atoms with van der Waals surface area (Å²) < 4.78 is 44.8. The van der Waals surface area contributed by atoms with Gasteiger partial charge >= 0.3 is 0 Å². The van der Waals surface area contributed by atoms with Crippen LogP contribution in [0.4, 0.5) is 20.2 Å². The summed E-state index contributed by atoms with van der Waals surface area (Å²) in [5.74, 6) is -2.60. The van der Waals surface area contributed by atoms with Crippen LogP contribution in [0.15, 0.2) is 66.9 Å². The van der Waals surface area contributed by atoms with E-state index in [0.717, 1.165) is 6.07 Å². The van der Waals surface area contributed by atoms with Crippen molar-refractivity contribution in [1.29, 1.82) is 0 Å². The molecular formula is C29H24F2N4O7. The Balaban J connectivity index is 1.30. The van der Waals surface area contributed by atoms with Gasteiger partial charge in [0.15, 0.2) is 29.7 Å². The van der Waals surface area contributed by atoms with E-state index in [2.05, 4.69) is 15.6 Å². The number of hydrogen-bond donors (Lipinski definition) is 4. The number of pyridine rings is 1. The van der Waals surface area contributed by atoms with E-state index in [0.29, 0.717) is 29.4 Å². The maximum Gasteiger partial charge on any atom is 0.281 e. The summed E-state index contributed by atoms with van der Waals surface area (Å²) in [4.78, 5) is 41.3. The first kappa shape index (κ1) is 28.2. The van der Waals surface area contributed by atoms with Crippen molar-refractivity contribution in [3.63, 3.8) is 0 Å². The molecule has 216 valence electrons. The number of halogens is 2. The quantitative estimate of drug-likeness (QED) is 0.122. The van der Waals surface area contributed by atoms with Crippen LogP contribution in [0.3, 0.4) is 0 Å². The van der Waals surface area contributed by atoms with Crippen LogP contribution in [0.5, 0.6) is 23.0 Å². The predicted molar refractivity (Wildman–Crippen MR) is 146 cm³/mol. The number of carbonyl (C=O) groups is 3. The number of nitrogens with one attached hydrogen (secondary N) is 3. The van der Waals surface area contributed by atoms with Gasteiger partial charge in [-0.15, -0.1) is 0 Å². The topological polar surface area (TPSA) is 148 Å². The number of amides is 3. The molecule has 11 nitrogen and oxygen atoms in total. The summed E-state index contributed by atoms with van der Waals surface area (Å²) in [6.45, 7) is -0.470. The van der Waals surface area contributed by atoms with Gasteiger partial charge in [-0.1, -0.05) is 0 Å². The molecule has 0 radical (unpaired) electrons. The van der Waals surface area contributed by atoms with Gasteiger partial charge in [-0.3, -0.25) is 24.6 Å². The summed E-state index contributed by atoms with van der Waals surface area (Å²) in [5, 5.41) is 14.3. The molecule has 0 spiro atoms. The van der Waals surface area contributed by atoms with Gasteiger partial charge in [-0.2, -0.15) is 0 Å². The Morgan fingerprint density at radius 3 is 2.21 bits per heavy atom. The lowest BCUT2D eigenvalue weighted by molar-refractivity contribution is -0.132. The van der Waals surface area contributed by atoms with E-state index >= 15 is 4.39 Å².